The highest BCUT2D eigenvalue weighted by atomic mass is 15.0. The van der Waals surface area contributed by atoms with Gasteiger partial charge in [-0.25, -0.2) is 29.9 Å². The van der Waals surface area contributed by atoms with E-state index in [2.05, 4.69) is 325 Å². The van der Waals surface area contributed by atoms with Gasteiger partial charge < -0.3 is 9.13 Å². The predicted molar refractivity (Wildman–Crippen MR) is 438 cm³/mol. The van der Waals surface area contributed by atoms with Crippen LogP contribution in [-0.4, -0.2) is 39.0 Å². The summed E-state index contributed by atoms with van der Waals surface area (Å²) in [7, 11) is 0. The van der Waals surface area contributed by atoms with Crippen molar-refractivity contribution in [3.63, 3.8) is 0 Å². The number of aromatic nitrogens is 8. The maximum absolute atomic E-state index is 5.12. The third-order valence-electron chi connectivity index (χ3n) is 20.2. The zero-order valence-corrected chi connectivity index (χ0v) is 57.5. The van der Waals surface area contributed by atoms with Crippen molar-refractivity contribution in [2.45, 2.75) is 0 Å². The van der Waals surface area contributed by atoms with Crippen molar-refractivity contribution in [1.82, 2.24) is 39.0 Å². The molecule has 4 aromatic heterocycles. The van der Waals surface area contributed by atoms with Crippen LogP contribution in [0.5, 0.6) is 0 Å². The van der Waals surface area contributed by atoms with Gasteiger partial charge in [-0.3, -0.25) is 0 Å². The molecule has 0 fully saturated rings. The molecular weight excluding hydrogens is 1290 g/mol. The average Bonchev–Trinajstić information content (AvgIpc) is 1.53. The summed E-state index contributed by atoms with van der Waals surface area (Å²) in [6.45, 7) is 0. The summed E-state index contributed by atoms with van der Waals surface area (Å²) in [5, 5.41) is 9.67. The van der Waals surface area contributed by atoms with E-state index in [9.17, 15) is 0 Å². The second kappa shape index (κ2) is 27.2. The number of fused-ring (bicyclic) bond motifs is 8. The van der Waals surface area contributed by atoms with Crippen molar-refractivity contribution in [3.8, 4) is 124 Å². The molecule has 496 valence electrons. The monoisotopic (exact) mass is 1350 g/mol. The van der Waals surface area contributed by atoms with Crippen molar-refractivity contribution in [2.24, 2.45) is 0 Å². The fourth-order valence-electron chi connectivity index (χ4n) is 15.0. The molecule has 0 amide bonds. The second-order valence-electron chi connectivity index (χ2n) is 26.5. The summed E-state index contributed by atoms with van der Waals surface area (Å²) in [6.07, 6.45) is 0. The molecule has 0 aliphatic rings. The molecule has 8 nitrogen and oxygen atoms in total. The predicted octanol–water partition coefficient (Wildman–Crippen LogP) is 24.9. The topological polar surface area (TPSA) is 87.2 Å². The normalized spacial score (nSPS) is 11.4. The average molecular weight is 1350 g/mol. The molecule has 8 heteroatoms. The lowest BCUT2D eigenvalue weighted by molar-refractivity contribution is 1.07. The zero-order chi connectivity index (χ0) is 70.3. The standard InChI is InChI=1S/2C49H32N4/c1-3-13-33(14-4-1)34-23-27-37(28-24-34)48-50-47(36-15-5-2-6-16-36)51-49(52-48)38-29-25-35(26-30-38)39-31-32-46(41-18-8-7-17-40(39)41)53-44-21-11-9-19-42(44)43-20-10-12-22-45(43)53;1-3-13-33(14-4-1)34-23-25-37(26-24-34)48-50-47(36-15-5-2-6-16-36)51-49(52-48)44-32-31-39(40-17-7-8-18-41(40)44)35-27-29-38(30-28-35)53-45-21-11-9-19-42(45)43-20-10-12-22-46(43)53/h2*1-32H. The Morgan fingerprint density at radius 1 is 0.142 bits per heavy atom. The first-order valence-corrected chi connectivity index (χ1v) is 35.7. The molecule has 0 bridgehead atoms. The number of rotatable bonds is 12. The van der Waals surface area contributed by atoms with Crippen LogP contribution in [0.25, 0.3) is 189 Å². The molecule has 0 aliphatic carbocycles. The highest BCUT2D eigenvalue weighted by Gasteiger charge is 2.21. The number of para-hydroxylation sites is 4. The molecule has 0 unspecified atom stereocenters. The lowest BCUT2D eigenvalue weighted by Crippen LogP contribution is -2.01. The van der Waals surface area contributed by atoms with Gasteiger partial charge in [0.15, 0.2) is 34.9 Å². The Kier molecular flexibility index (Phi) is 16.1. The van der Waals surface area contributed by atoms with Gasteiger partial charge in [0.25, 0.3) is 0 Å². The van der Waals surface area contributed by atoms with Gasteiger partial charge in [0.2, 0.25) is 0 Å². The summed E-state index contributed by atoms with van der Waals surface area (Å²) >= 11 is 0. The largest absolute Gasteiger partial charge is 0.309 e. The van der Waals surface area contributed by atoms with Gasteiger partial charge in [-0.1, -0.05) is 340 Å². The molecule has 0 atom stereocenters. The van der Waals surface area contributed by atoms with Crippen molar-refractivity contribution < 1.29 is 0 Å². The van der Waals surface area contributed by atoms with E-state index in [1.807, 2.05) is 72.8 Å². The van der Waals surface area contributed by atoms with Gasteiger partial charge in [-0.2, -0.15) is 0 Å². The Balaban J connectivity index is 0.000000145. The van der Waals surface area contributed by atoms with Crippen molar-refractivity contribution in [2.75, 3.05) is 0 Å². The first kappa shape index (κ1) is 62.6. The Labute approximate surface area is 612 Å². The quantitative estimate of drug-likeness (QED) is 0.121. The van der Waals surface area contributed by atoms with E-state index in [4.69, 9.17) is 29.9 Å². The second-order valence-corrected chi connectivity index (χ2v) is 26.5. The molecule has 0 saturated carbocycles. The third kappa shape index (κ3) is 11.7. The van der Waals surface area contributed by atoms with Gasteiger partial charge in [-0.05, 0) is 109 Å². The van der Waals surface area contributed by atoms with E-state index in [1.165, 1.54) is 76.8 Å². The number of nitrogens with zero attached hydrogens (tertiary/aromatic N) is 8. The van der Waals surface area contributed by atoms with E-state index < -0.39 is 0 Å². The first-order chi connectivity index (χ1) is 52.6. The van der Waals surface area contributed by atoms with Crippen LogP contribution < -0.4 is 0 Å². The SMILES string of the molecule is c1ccc(-c2ccc(-c3nc(-c4ccccc4)nc(-c4ccc(-c5ccc(-n6c7ccccc7c7ccccc76)c6ccccc56)cc4)n3)cc2)cc1.c1ccc(-c2ccc(-c3nc(-c4ccccc4)nc(-c4ccc(-c5ccc(-n6c7ccccc7c7ccccc76)cc5)c5ccccc45)n3)cc2)cc1. The maximum atomic E-state index is 5.12. The zero-order valence-electron chi connectivity index (χ0n) is 57.5. The Morgan fingerprint density at radius 3 is 0.764 bits per heavy atom. The summed E-state index contributed by atoms with van der Waals surface area (Å²) < 4.78 is 4.76. The van der Waals surface area contributed by atoms with Gasteiger partial charge in [0, 0.05) is 66.0 Å². The van der Waals surface area contributed by atoms with Crippen LogP contribution in [0.4, 0.5) is 0 Å². The van der Waals surface area contributed by atoms with Gasteiger partial charge in [0.1, 0.15) is 0 Å². The van der Waals surface area contributed by atoms with Crippen LogP contribution in [0.3, 0.4) is 0 Å². The van der Waals surface area contributed by atoms with Crippen LogP contribution in [-0.2, 0) is 0 Å². The highest BCUT2D eigenvalue weighted by molar-refractivity contribution is 6.12. The molecule has 0 radical (unpaired) electrons. The molecule has 4 heterocycles. The first-order valence-electron chi connectivity index (χ1n) is 35.7. The Bertz CT molecular complexity index is 6530. The van der Waals surface area contributed by atoms with Gasteiger partial charge >= 0.3 is 0 Å². The highest BCUT2D eigenvalue weighted by Crippen LogP contribution is 2.42. The molecule has 20 rings (SSSR count). The summed E-state index contributed by atoms with van der Waals surface area (Å²) in [5.74, 6) is 3.86. The van der Waals surface area contributed by atoms with Crippen molar-refractivity contribution in [1.29, 1.82) is 0 Å². The molecule has 20 aromatic rings. The Hall–Kier alpha value is -14.3. The molecule has 0 spiro atoms. The van der Waals surface area contributed by atoms with Crippen LogP contribution in [0, 0.1) is 0 Å². The van der Waals surface area contributed by atoms with Crippen LogP contribution in [0.15, 0.2) is 388 Å². The number of hydrogen-bond donors (Lipinski definition) is 0. The fourth-order valence-corrected chi connectivity index (χ4v) is 15.0. The molecule has 0 N–H and O–H groups in total. The van der Waals surface area contributed by atoms with Crippen LogP contribution in [0.2, 0.25) is 0 Å². The smallest absolute Gasteiger partial charge is 0.164 e. The fraction of sp³-hybridized carbons (Fsp3) is 0. The minimum atomic E-state index is 0.638. The molecule has 0 aliphatic heterocycles. The van der Waals surface area contributed by atoms with Gasteiger partial charge in [-0.15, -0.1) is 0 Å². The van der Waals surface area contributed by atoms with E-state index in [0.29, 0.717) is 34.9 Å². The van der Waals surface area contributed by atoms with E-state index in [0.717, 1.165) is 77.7 Å². The van der Waals surface area contributed by atoms with Crippen LogP contribution in [0.1, 0.15) is 0 Å². The van der Waals surface area contributed by atoms with E-state index in [-0.39, 0.29) is 0 Å². The third-order valence-corrected chi connectivity index (χ3v) is 20.2. The summed E-state index contributed by atoms with van der Waals surface area (Å²) in [4.78, 5) is 30.1. The molecule has 16 aromatic carbocycles. The molecule has 0 saturated heterocycles. The summed E-state index contributed by atoms with van der Waals surface area (Å²) in [5.41, 5.74) is 22.1. The van der Waals surface area contributed by atoms with E-state index in [1.54, 1.807) is 0 Å². The van der Waals surface area contributed by atoms with Crippen molar-refractivity contribution >= 4 is 65.2 Å². The minimum absolute atomic E-state index is 0.638. The summed E-state index contributed by atoms with van der Waals surface area (Å²) in [6, 6.07) is 136. The lowest BCUT2D eigenvalue weighted by Gasteiger charge is -2.15. The molecule has 106 heavy (non-hydrogen) atoms. The molecular formula is C98H64N8. The number of benzene rings is 16. The number of hydrogen-bond acceptors (Lipinski definition) is 6. The van der Waals surface area contributed by atoms with Gasteiger partial charge in [0.05, 0.1) is 27.8 Å². The maximum Gasteiger partial charge on any atom is 0.164 e. The lowest BCUT2D eigenvalue weighted by atomic mass is 9.94. The minimum Gasteiger partial charge on any atom is -0.309 e. The van der Waals surface area contributed by atoms with Crippen molar-refractivity contribution in [3.05, 3.63) is 388 Å². The Morgan fingerprint density at radius 2 is 0.377 bits per heavy atom. The van der Waals surface area contributed by atoms with Crippen LogP contribution >= 0.6 is 0 Å². The van der Waals surface area contributed by atoms with E-state index >= 15 is 0 Å².